The van der Waals surface area contributed by atoms with Gasteiger partial charge in [-0.15, -0.1) is 0 Å². The standard InChI is InChI=1S/C16H25N/c1-12(2)15-9-4-5-10-16(15)17-14-8-6-7-13(3)11-14/h4-5,9-10,12-14,17H,6-8,11H2,1-3H3. The van der Waals surface area contributed by atoms with Crippen molar-refractivity contribution in [2.75, 3.05) is 5.32 Å². The lowest BCUT2D eigenvalue weighted by molar-refractivity contribution is 0.358. The van der Waals surface area contributed by atoms with E-state index in [1.165, 1.54) is 36.9 Å². The van der Waals surface area contributed by atoms with Crippen LogP contribution in [-0.2, 0) is 0 Å². The molecule has 0 saturated heterocycles. The van der Waals surface area contributed by atoms with Gasteiger partial charge < -0.3 is 5.32 Å². The van der Waals surface area contributed by atoms with Crippen LogP contribution < -0.4 is 5.32 Å². The average molecular weight is 231 g/mol. The van der Waals surface area contributed by atoms with Crippen LogP contribution in [0, 0.1) is 5.92 Å². The minimum Gasteiger partial charge on any atom is -0.382 e. The van der Waals surface area contributed by atoms with Crippen molar-refractivity contribution in [1.29, 1.82) is 0 Å². The molecule has 1 nitrogen and oxygen atoms in total. The van der Waals surface area contributed by atoms with Gasteiger partial charge in [-0.2, -0.15) is 0 Å². The average Bonchev–Trinajstić information content (AvgIpc) is 2.29. The molecule has 94 valence electrons. The Balaban J connectivity index is 2.07. The first-order valence-electron chi connectivity index (χ1n) is 7.02. The van der Waals surface area contributed by atoms with Crippen LogP contribution in [0.1, 0.15) is 57.9 Å². The van der Waals surface area contributed by atoms with E-state index in [9.17, 15) is 0 Å². The highest BCUT2D eigenvalue weighted by atomic mass is 14.9. The minimum atomic E-state index is 0.597. The van der Waals surface area contributed by atoms with Gasteiger partial charge >= 0.3 is 0 Å². The highest BCUT2D eigenvalue weighted by Crippen LogP contribution is 2.29. The lowest BCUT2D eigenvalue weighted by atomic mass is 9.86. The second-order valence-electron chi connectivity index (χ2n) is 5.85. The molecule has 0 radical (unpaired) electrons. The van der Waals surface area contributed by atoms with Gasteiger partial charge in [0.25, 0.3) is 0 Å². The van der Waals surface area contributed by atoms with Crippen molar-refractivity contribution in [2.24, 2.45) is 5.92 Å². The summed E-state index contributed by atoms with van der Waals surface area (Å²) in [5.74, 6) is 1.48. The molecule has 0 aliphatic heterocycles. The van der Waals surface area contributed by atoms with Gasteiger partial charge in [0, 0.05) is 11.7 Å². The zero-order valence-corrected chi connectivity index (χ0v) is 11.4. The Morgan fingerprint density at radius 3 is 2.65 bits per heavy atom. The van der Waals surface area contributed by atoms with E-state index in [1.54, 1.807) is 0 Å². The van der Waals surface area contributed by atoms with Crippen LogP contribution >= 0.6 is 0 Å². The molecule has 2 atom stereocenters. The minimum absolute atomic E-state index is 0.597. The highest BCUT2D eigenvalue weighted by molar-refractivity contribution is 5.53. The second kappa shape index (κ2) is 5.57. The SMILES string of the molecule is CC1CCCC(Nc2ccccc2C(C)C)C1. The summed E-state index contributed by atoms with van der Waals surface area (Å²) in [6.45, 7) is 6.91. The second-order valence-corrected chi connectivity index (χ2v) is 5.85. The van der Waals surface area contributed by atoms with Crippen molar-refractivity contribution >= 4 is 5.69 Å². The van der Waals surface area contributed by atoms with Gasteiger partial charge in [-0.25, -0.2) is 0 Å². The van der Waals surface area contributed by atoms with E-state index in [2.05, 4.69) is 50.4 Å². The van der Waals surface area contributed by atoms with Gasteiger partial charge in [0.2, 0.25) is 0 Å². The summed E-state index contributed by atoms with van der Waals surface area (Å²) >= 11 is 0. The van der Waals surface area contributed by atoms with Crippen LogP contribution in [0.3, 0.4) is 0 Å². The Morgan fingerprint density at radius 2 is 1.94 bits per heavy atom. The molecule has 2 rings (SSSR count). The molecule has 17 heavy (non-hydrogen) atoms. The van der Waals surface area contributed by atoms with Crippen molar-refractivity contribution in [2.45, 2.75) is 58.4 Å². The van der Waals surface area contributed by atoms with E-state index in [0.29, 0.717) is 12.0 Å². The molecule has 1 heteroatoms. The number of hydrogen-bond acceptors (Lipinski definition) is 1. The van der Waals surface area contributed by atoms with Crippen LogP contribution in [0.25, 0.3) is 0 Å². The smallest absolute Gasteiger partial charge is 0.0377 e. The number of anilines is 1. The largest absolute Gasteiger partial charge is 0.382 e. The summed E-state index contributed by atoms with van der Waals surface area (Å²) in [5, 5.41) is 3.76. The summed E-state index contributed by atoms with van der Waals surface area (Å²) in [5.41, 5.74) is 2.80. The zero-order valence-electron chi connectivity index (χ0n) is 11.4. The first-order valence-corrected chi connectivity index (χ1v) is 7.02. The Hall–Kier alpha value is -0.980. The maximum Gasteiger partial charge on any atom is 0.0377 e. The van der Waals surface area contributed by atoms with Gasteiger partial charge in [0.15, 0.2) is 0 Å². The first-order chi connectivity index (χ1) is 8.16. The van der Waals surface area contributed by atoms with Crippen LogP contribution in [0.15, 0.2) is 24.3 Å². The summed E-state index contributed by atoms with van der Waals surface area (Å²) in [6, 6.07) is 9.44. The summed E-state index contributed by atoms with van der Waals surface area (Å²) in [7, 11) is 0. The molecule has 1 aliphatic rings. The van der Waals surface area contributed by atoms with Crippen molar-refractivity contribution < 1.29 is 0 Å². The molecular formula is C16H25N. The Kier molecular flexibility index (Phi) is 4.09. The van der Waals surface area contributed by atoms with Gasteiger partial charge in [0.1, 0.15) is 0 Å². The molecule has 0 amide bonds. The fourth-order valence-electron chi connectivity index (χ4n) is 2.92. The van der Waals surface area contributed by atoms with Crippen LogP contribution in [-0.4, -0.2) is 6.04 Å². The van der Waals surface area contributed by atoms with Gasteiger partial charge in [0.05, 0.1) is 0 Å². The molecule has 0 bridgehead atoms. The topological polar surface area (TPSA) is 12.0 Å². The van der Waals surface area contributed by atoms with Crippen molar-refractivity contribution in [3.63, 3.8) is 0 Å². The Morgan fingerprint density at radius 1 is 1.18 bits per heavy atom. The number of para-hydroxylation sites is 1. The van der Waals surface area contributed by atoms with Crippen molar-refractivity contribution in [1.82, 2.24) is 0 Å². The molecule has 1 aromatic rings. The van der Waals surface area contributed by atoms with E-state index in [1.807, 2.05) is 0 Å². The molecule has 0 heterocycles. The quantitative estimate of drug-likeness (QED) is 0.788. The molecule has 1 fully saturated rings. The summed E-state index contributed by atoms with van der Waals surface area (Å²) in [4.78, 5) is 0. The van der Waals surface area contributed by atoms with Crippen LogP contribution in [0.5, 0.6) is 0 Å². The molecule has 1 aliphatic carbocycles. The van der Waals surface area contributed by atoms with E-state index in [0.717, 1.165) is 5.92 Å². The normalized spacial score (nSPS) is 24.9. The predicted molar refractivity (Wildman–Crippen MR) is 75.6 cm³/mol. The molecule has 0 aromatic heterocycles. The molecule has 2 unspecified atom stereocenters. The van der Waals surface area contributed by atoms with Gasteiger partial charge in [-0.1, -0.05) is 51.8 Å². The number of hydrogen-bond donors (Lipinski definition) is 1. The summed E-state index contributed by atoms with van der Waals surface area (Å²) in [6.07, 6.45) is 5.44. The fourth-order valence-corrected chi connectivity index (χ4v) is 2.92. The van der Waals surface area contributed by atoms with Crippen molar-refractivity contribution in [3.8, 4) is 0 Å². The monoisotopic (exact) mass is 231 g/mol. The van der Waals surface area contributed by atoms with E-state index in [4.69, 9.17) is 0 Å². The van der Waals surface area contributed by atoms with Crippen LogP contribution in [0.2, 0.25) is 0 Å². The molecule has 1 saturated carbocycles. The van der Waals surface area contributed by atoms with E-state index >= 15 is 0 Å². The Bertz CT molecular complexity index is 356. The molecule has 0 spiro atoms. The van der Waals surface area contributed by atoms with Crippen LogP contribution in [0.4, 0.5) is 5.69 Å². The zero-order chi connectivity index (χ0) is 12.3. The third-order valence-electron chi connectivity index (χ3n) is 3.88. The lowest BCUT2D eigenvalue weighted by Crippen LogP contribution is -2.26. The van der Waals surface area contributed by atoms with Gasteiger partial charge in [-0.3, -0.25) is 0 Å². The highest BCUT2D eigenvalue weighted by Gasteiger charge is 2.19. The number of benzene rings is 1. The first kappa shape index (κ1) is 12.5. The predicted octanol–water partition coefficient (Wildman–Crippen LogP) is 4.80. The third-order valence-corrected chi connectivity index (χ3v) is 3.88. The number of nitrogens with one attached hydrogen (secondary N) is 1. The fraction of sp³-hybridized carbons (Fsp3) is 0.625. The summed E-state index contributed by atoms with van der Waals surface area (Å²) < 4.78 is 0. The van der Waals surface area contributed by atoms with Crippen molar-refractivity contribution in [3.05, 3.63) is 29.8 Å². The molecule has 1 N–H and O–H groups in total. The molecule has 1 aromatic carbocycles. The van der Waals surface area contributed by atoms with E-state index < -0.39 is 0 Å². The maximum atomic E-state index is 3.76. The third kappa shape index (κ3) is 3.24. The van der Waals surface area contributed by atoms with E-state index in [-0.39, 0.29) is 0 Å². The number of rotatable bonds is 3. The maximum absolute atomic E-state index is 3.76. The van der Waals surface area contributed by atoms with Gasteiger partial charge in [-0.05, 0) is 36.3 Å². The Labute approximate surface area is 106 Å². The molecular weight excluding hydrogens is 206 g/mol. The lowest BCUT2D eigenvalue weighted by Gasteiger charge is -2.29.